The molecule has 1 amide bonds. The molecule has 1 aromatic heterocycles. The molecule has 2 saturated heterocycles. The van der Waals surface area contributed by atoms with Crippen LogP contribution >= 0.6 is 0 Å². The van der Waals surface area contributed by atoms with Crippen molar-refractivity contribution in [3.63, 3.8) is 0 Å². The van der Waals surface area contributed by atoms with Crippen molar-refractivity contribution in [1.29, 1.82) is 0 Å². The number of hydrogen-bond acceptors (Lipinski definition) is 5. The van der Waals surface area contributed by atoms with Crippen LogP contribution < -0.4 is 5.32 Å². The van der Waals surface area contributed by atoms with Crippen molar-refractivity contribution in [2.75, 3.05) is 31.3 Å². The Bertz CT molecular complexity index is 649. The van der Waals surface area contributed by atoms with Gasteiger partial charge in [0.15, 0.2) is 0 Å². The first-order valence-electron chi connectivity index (χ1n) is 7.23. The van der Waals surface area contributed by atoms with Gasteiger partial charge in [-0.15, -0.1) is 0 Å². The number of hydrogen-bond donors (Lipinski definition) is 1. The second-order valence-corrected chi connectivity index (χ2v) is 7.76. The van der Waals surface area contributed by atoms with Crippen LogP contribution in [0.2, 0.25) is 0 Å². The molecule has 0 aliphatic carbocycles. The number of carbonyl (C=O) groups is 1. The van der Waals surface area contributed by atoms with Crippen LogP contribution in [-0.4, -0.2) is 55.7 Å². The lowest BCUT2D eigenvalue weighted by molar-refractivity contribution is -0.124. The van der Waals surface area contributed by atoms with E-state index in [0.29, 0.717) is 18.8 Å². The average molecular weight is 325 g/mol. The van der Waals surface area contributed by atoms with E-state index in [1.165, 1.54) is 10.6 Å². The highest BCUT2D eigenvalue weighted by Gasteiger charge is 2.46. The highest BCUT2D eigenvalue weighted by Crippen LogP contribution is 2.35. The Morgan fingerprint density at radius 3 is 2.95 bits per heavy atom. The molecule has 0 bridgehead atoms. The van der Waals surface area contributed by atoms with Gasteiger partial charge in [0.25, 0.3) is 0 Å². The van der Waals surface area contributed by atoms with Crippen molar-refractivity contribution in [1.82, 2.24) is 9.29 Å². The van der Waals surface area contributed by atoms with E-state index in [2.05, 4.69) is 10.3 Å². The van der Waals surface area contributed by atoms with E-state index in [0.717, 1.165) is 6.42 Å². The van der Waals surface area contributed by atoms with Crippen molar-refractivity contribution >= 4 is 21.6 Å². The number of anilines is 1. The van der Waals surface area contributed by atoms with Gasteiger partial charge < -0.3 is 10.1 Å². The second kappa shape index (κ2) is 5.94. The number of sulfonamides is 1. The number of carbonyl (C=O) groups excluding carboxylic acids is 1. The summed E-state index contributed by atoms with van der Waals surface area (Å²) in [6.45, 7) is 1.11. The number of ether oxygens (including phenoxy) is 1. The zero-order valence-electron chi connectivity index (χ0n) is 12.3. The third-order valence-corrected chi connectivity index (χ3v) is 5.53. The van der Waals surface area contributed by atoms with E-state index >= 15 is 0 Å². The molecule has 2 aliphatic heterocycles. The van der Waals surface area contributed by atoms with Gasteiger partial charge in [0, 0.05) is 31.8 Å². The number of nitrogens with zero attached hydrogens (tertiary/aromatic N) is 2. The van der Waals surface area contributed by atoms with Crippen LogP contribution in [0.3, 0.4) is 0 Å². The standard InChI is InChI=1S/C14H19N3O4S/c1-22(19,20)17-8-12(11-4-6-21-13(11)9-17)14(18)16-10-3-2-5-15-7-10/h2-3,5,7,11-13H,4,6,8-9H2,1H3,(H,16,18)/t11-,12-,13+/m0/s1. The smallest absolute Gasteiger partial charge is 0.229 e. The molecule has 3 heterocycles. The summed E-state index contributed by atoms with van der Waals surface area (Å²) in [7, 11) is -3.34. The van der Waals surface area contributed by atoms with Gasteiger partial charge in [-0.3, -0.25) is 9.78 Å². The molecule has 8 heteroatoms. The topological polar surface area (TPSA) is 88.6 Å². The van der Waals surface area contributed by atoms with E-state index in [4.69, 9.17) is 4.74 Å². The van der Waals surface area contributed by atoms with Crippen LogP contribution in [0, 0.1) is 11.8 Å². The highest BCUT2D eigenvalue weighted by atomic mass is 32.2. The first kappa shape index (κ1) is 15.4. The third-order valence-electron chi connectivity index (χ3n) is 4.30. The van der Waals surface area contributed by atoms with E-state index in [9.17, 15) is 13.2 Å². The average Bonchev–Trinajstić information content (AvgIpc) is 2.94. The SMILES string of the molecule is CS(=O)(=O)N1C[C@H](C(=O)Nc2cccnc2)[C@@H]2CCO[C@@H]2C1. The Morgan fingerprint density at radius 2 is 2.27 bits per heavy atom. The maximum Gasteiger partial charge on any atom is 0.229 e. The van der Waals surface area contributed by atoms with Gasteiger partial charge in [0.1, 0.15) is 0 Å². The quantitative estimate of drug-likeness (QED) is 0.864. The van der Waals surface area contributed by atoms with Crippen molar-refractivity contribution < 1.29 is 17.9 Å². The summed E-state index contributed by atoms with van der Waals surface area (Å²) in [5, 5.41) is 2.82. The minimum absolute atomic E-state index is 0.0645. The normalized spacial score (nSPS) is 29.0. The fraction of sp³-hybridized carbons (Fsp3) is 0.571. The van der Waals surface area contributed by atoms with Gasteiger partial charge in [-0.1, -0.05) is 0 Å². The summed E-state index contributed by atoms with van der Waals surface area (Å²) in [6, 6.07) is 3.49. The van der Waals surface area contributed by atoms with Crippen LogP contribution in [0.15, 0.2) is 24.5 Å². The summed E-state index contributed by atoms with van der Waals surface area (Å²) in [4.78, 5) is 16.5. The van der Waals surface area contributed by atoms with Crippen LogP contribution in [-0.2, 0) is 19.6 Å². The highest BCUT2D eigenvalue weighted by molar-refractivity contribution is 7.88. The minimum atomic E-state index is -3.34. The molecule has 3 atom stereocenters. The van der Waals surface area contributed by atoms with E-state index < -0.39 is 15.9 Å². The molecular weight excluding hydrogens is 306 g/mol. The summed E-state index contributed by atoms with van der Waals surface area (Å²) < 4.78 is 30.6. The summed E-state index contributed by atoms with van der Waals surface area (Å²) in [6.07, 6.45) is 4.94. The number of amides is 1. The molecule has 1 N–H and O–H groups in total. The van der Waals surface area contributed by atoms with Gasteiger partial charge >= 0.3 is 0 Å². The van der Waals surface area contributed by atoms with Gasteiger partial charge in [-0.25, -0.2) is 8.42 Å². The van der Waals surface area contributed by atoms with Crippen molar-refractivity contribution in [2.45, 2.75) is 12.5 Å². The Labute approximate surface area is 129 Å². The van der Waals surface area contributed by atoms with Crippen molar-refractivity contribution in [3.05, 3.63) is 24.5 Å². The maximum atomic E-state index is 12.6. The van der Waals surface area contributed by atoms with Crippen LogP contribution in [0.25, 0.3) is 0 Å². The van der Waals surface area contributed by atoms with E-state index in [1.807, 2.05) is 0 Å². The third kappa shape index (κ3) is 3.13. The number of fused-ring (bicyclic) bond motifs is 1. The summed E-state index contributed by atoms with van der Waals surface area (Å²) in [5.41, 5.74) is 0.611. The molecule has 3 rings (SSSR count). The van der Waals surface area contributed by atoms with Crippen LogP contribution in [0.1, 0.15) is 6.42 Å². The predicted molar refractivity (Wildman–Crippen MR) is 80.6 cm³/mol. The van der Waals surface area contributed by atoms with E-state index in [-0.39, 0.29) is 24.5 Å². The number of aromatic nitrogens is 1. The number of rotatable bonds is 3. The molecule has 0 unspecified atom stereocenters. The van der Waals surface area contributed by atoms with Crippen molar-refractivity contribution in [3.8, 4) is 0 Å². The lowest BCUT2D eigenvalue weighted by atomic mass is 9.83. The Balaban J connectivity index is 1.79. The lowest BCUT2D eigenvalue weighted by Gasteiger charge is -2.37. The molecule has 2 aliphatic rings. The van der Waals surface area contributed by atoms with Gasteiger partial charge in [-0.2, -0.15) is 4.31 Å². The van der Waals surface area contributed by atoms with Gasteiger partial charge in [0.05, 0.1) is 30.2 Å². The van der Waals surface area contributed by atoms with Crippen LogP contribution in [0.4, 0.5) is 5.69 Å². The fourth-order valence-electron chi connectivity index (χ4n) is 3.16. The molecule has 1 aromatic rings. The zero-order valence-corrected chi connectivity index (χ0v) is 13.1. The van der Waals surface area contributed by atoms with E-state index in [1.54, 1.807) is 24.5 Å². The number of piperidine rings is 1. The molecule has 7 nitrogen and oxygen atoms in total. The lowest BCUT2D eigenvalue weighted by Crippen LogP contribution is -2.52. The zero-order chi connectivity index (χ0) is 15.7. The minimum Gasteiger partial charge on any atom is -0.377 e. The van der Waals surface area contributed by atoms with Gasteiger partial charge in [-0.05, 0) is 18.6 Å². The Kier molecular flexibility index (Phi) is 4.16. The Morgan fingerprint density at radius 1 is 1.45 bits per heavy atom. The molecule has 2 fully saturated rings. The maximum absolute atomic E-state index is 12.6. The Hall–Kier alpha value is -1.51. The van der Waals surface area contributed by atoms with Gasteiger partial charge in [0.2, 0.25) is 15.9 Å². The molecule has 0 radical (unpaired) electrons. The molecule has 0 aromatic carbocycles. The van der Waals surface area contributed by atoms with Crippen LogP contribution in [0.5, 0.6) is 0 Å². The molecule has 0 spiro atoms. The molecule has 0 saturated carbocycles. The summed E-state index contributed by atoms with van der Waals surface area (Å²) >= 11 is 0. The number of pyridine rings is 1. The first-order valence-corrected chi connectivity index (χ1v) is 9.07. The fourth-order valence-corrected chi connectivity index (χ4v) is 4.01. The largest absolute Gasteiger partial charge is 0.377 e. The second-order valence-electron chi connectivity index (χ2n) is 5.78. The molecule has 22 heavy (non-hydrogen) atoms. The number of nitrogens with one attached hydrogen (secondary N) is 1. The first-order chi connectivity index (χ1) is 10.4. The van der Waals surface area contributed by atoms with Crippen molar-refractivity contribution in [2.24, 2.45) is 11.8 Å². The summed E-state index contributed by atoms with van der Waals surface area (Å²) in [5.74, 6) is -0.521. The molecule has 120 valence electrons. The monoisotopic (exact) mass is 325 g/mol. The predicted octanol–water partition coefficient (Wildman–Crippen LogP) is 0.317. The molecular formula is C14H19N3O4S.